The highest BCUT2D eigenvalue weighted by molar-refractivity contribution is 6.13. The van der Waals surface area contributed by atoms with Gasteiger partial charge in [-0.15, -0.1) is 0 Å². The van der Waals surface area contributed by atoms with Crippen molar-refractivity contribution in [1.29, 1.82) is 0 Å². The van der Waals surface area contributed by atoms with Crippen LogP contribution >= 0.6 is 0 Å². The third-order valence-electron chi connectivity index (χ3n) is 11.2. The van der Waals surface area contributed by atoms with E-state index < -0.39 is 0 Å². The monoisotopic (exact) mass is 729 g/mol. The number of nitrogens with zero attached hydrogens (tertiary/aromatic N) is 3. The van der Waals surface area contributed by atoms with Crippen molar-refractivity contribution in [2.75, 3.05) is 0 Å². The first-order valence-electron chi connectivity index (χ1n) is 19.5. The molecule has 0 unspecified atom stereocenters. The molecule has 0 aliphatic rings. The van der Waals surface area contributed by atoms with Crippen molar-refractivity contribution in [2.45, 2.75) is 12.8 Å². The summed E-state index contributed by atoms with van der Waals surface area (Å²) < 4.78 is 6.44. The van der Waals surface area contributed by atoms with E-state index in [0.717, 1.165) is 67.0 Å². The molecule has 0 fully saturated rings. The van der Waals surface area contributed by atoms with Crippen LogP contribution in [0.2, 0.25) is 0 Å². The maximum Gasteiger partial charge on any atom is 0.164 e. The molecule has 2 heterocycles. The molecule has 4 nitrogen and oxygen atoms in total. The standard InChI is InChI=1S/C53H35N3O/c1-2-11-34(12-3-1)36-21-23-37(24-22-36)40-27-29-48-47(32-40)51-38(16-10-20-49(51)57-48)28-30-50-54-52(42-26-25-35-13-4-5-14-39(35)31-42)56-53(55-50)46-33-41-15-6-7-17-43(41)44-18-8-9-19-45(44)46/h1-27,29,31-33H,28,30H2. The van der Waals surface area contributed by atoms with Gasteiger partial charge in [-0.25, -0.2) is 15.0 Å². The second kappa shape index (κ2) is 13.7. The van der Waals surface area contributed by atoms with E-state index in [2.05, 4.69) is 188 Å². The minimum atomic E-state index is 0.633. The molecule has 9 aromatic carbocycles. The Morgan fingerprint density at radius 3 is 1.84 bits per heavy atom. The summed E-state index contributed by atoms with van der Waals surface area (Å²) in [5, 5.41) is 9.27. The Bertz CT molecular complexity index is 3290. The van der Waals surface area contributed by atoms with Gasteiger partial charge in [-0.2, -0.15) is 0 Å². The van der Waals surface area contributed by atoms with Crippen molar-refractivity contribution in [3.05, 3.63) is 199 Å². The molecule has 0 N–H and O–H groups in total. The molecule has 4 heteroatoms. The van der Waals surface area contributed by atoms with Crippen molar-refractivity contribution >= 4 is 54.3 Å². The lowest BCUT2D eigenvalue weighted by atomic mass is 9.96. The fourth-order valence-corrected chi connectivity index (χ4v) is 8.37. The first-order valence-corrected chi connectivity index (χ1v) is 19.5. The van der Waals surface area contributed by atoms with Crippen molar-refractivity contribution in [1.82, 2.24) is 15.0 Å². The summed E-state index contributed by atoms with van der Waals surface area (Å²) in [6, 6.07) is 66.4. The molecule has 11 rings (SSSR count). The summed E-state index contributed by atoms with van der Waals surface area (Å²) in [6.45, 7) is 0. The lowest BCUT2D eigenvalue weighted by Crippen LogP contribution is -2.05. The summed E-state index contributed by atoms with van der Waals surface area (Å²) in [4.78, 5) is 15.6. The lowest BCUT2D eigenvalue weighted by Gasteiger charge is -2.13. The maximum absolute atomic E-state index is 6.44. The van der Waals surface area contributed by atoms with Gasteiger partial charge >= 0.3 is 0 Å². The van der Waals surface area contributed by atoms with E-state index in [4.69, 9.17) is 19.4 Å². The highest BCUT2D eigenvalue weighted by atomic mass is 16.3. The predicted molar refractivity (Wildman–Crippen MR) is 235 cm³/mol. The van der Waals surface area contributed by atoms with E-state index >= 15 is 0 Å². The Labute approximate surface area is 329 Å². The van der Waals surface area contributed by atoms with Crippen LogP contribution in [0.4, 0.5) is 0 Å². The van der Waals surface area contributed by atoms with Gasteiger partial charge in [-0.05, 0) is 96.9 Å². The van der Waals surface area contributed by atoms with Crippen LogP contribution in [0.1, 0.15) is 11.4 Å². The zero-order valence-corrected chi connectivity index (χ0v) is 31.1. The number of fused-ring (bicyclic) bond motifs is 7. The smallest absolute Gasteiger partial charge is 0.164 e. The number of aromatic nitrogens is 3. The molecule has 0 atom stereocenters. The maximum atomic E-state index is 6.44. The van der Waals surface area contributed by atoms with Gasteiger partial charge in [0.1, 0.15) is 17.0 Å². The molecule has 268 valence electrons. The highest BCUT2D eigenvalue weighted by Gasteiger charge is 2.17. The third kappa shape index (κ3) is 5.99. The number of aryl methyl sites for hydroxylation is 2. The third-order valence-corrected chi connectivity index (χ3v) is 11.2. The van der Waals surface area contributed by atoms with Crippen LogP contribution in [0.3, 0.4) is 0 Å². The number of hydrogen-bond acceptors (Lipinski definition) is 4. The Balaban J connectivity index is 1.00. The van der Waals surface area contributed by atoms with Crippen LogP contribution in [0, 0.1) is 0 Å². The van der Waals surface area contributed by atoms with Gasteiger partial charge < -0.3 is 4.42 Å². The first kappa shape index (κ1) is 33.0. The number of hydrogen-bond donors (Lipinski definition) is 0. The van der Waals surface area contributed by atoms with Gasteiger partial charge in [0.2, 0.25) is 0 Å². The molecule has 2 aromatic heterocycles. The van der Waals surface area contributed by atoms with E-state index in [1.807, 2.05) is 0 Å². The van der Waals surface area contributed by atoms with Crippen LogP contribution in [-0.4, -0.2) is 15.0 Å². The average Bonchev–Trinajstić information content (AvgIpc) is 3.67. The molecular formula is C53H35N3O. The fraction of sp³-hybridized carbons (Fsp3) is 0.0377. The van der Waals surface area contributed by atoms with Crippen LogP contribution in [0.25, 0.3) is 99.3 Å². The zero-order chi connectivity index (χ0) is 37.7. The lowest BCUT2D eigenvalue weighted by molar-refractivity contribution is 0.668. The number of furan rings is 1. The summed E-state index contributed by atoms with van der Waals surface area (Å²) >= 11 is 0. The number of benzene rings is 9. The average molecular weight is 730 g/mol. The quantitative estimate of drug-likeness (QED) is 0.153. The van der Waals surface area contributed by atoms with Gasteiger partial charge in [-0.3, -0.25) is 0 Å². The molecule has 57 heavy (non-hydrogen) atoms. The van der Waals surface area contributed by atoms with Crippen LogP contribution in [0.5, 0.6) is 0 Å². The number of rotatable bonds is 7. The highest BCUT2D eigenvalue weighted by Crippen LogP contribution is 2.37. The van der Waals surface area contributed by atoms with E-state index in [0.29, 0.717) is 18.1 Å². The van der Waals surface area contributed by atoms with E-state index in [9.17, 15) is 0 Å². The van der Waals surface area contributed by atoms with E-state index in [1.165, 1.54) is 38.4 Å². The van der Waals surface area contributed by atoms with Gasteiger partial charge in [0.25, 0.3) is 0 Å². The second-order valence-corrected chi connectivity index (χ2v) is 14.7. The van der Waals surface area contributed by atoms with Gasteiger partial charge in [0.05, 0.1) is 0 Å². The molecule has 0 aliphatic heterocycles. The molecule has 0 saturated carbocycles. The molecule has 11 aromatic rings. The molecule has 0 spiro atoms. The Morgan fingerprint density at radius 1 is 0.351 bits per heavy atom. The van der Waals surface area contributed by atoms with Crippen molar-refractivity contribution in [2.24, 2.45) is 0 Å². The summed E-state index contributed by atoms with van der Waals surface area (Å²) in [5.74, 6) is 2.11. The van der Waals surface area contributed by atoms with Crippen molar-refractivity contribution < 1.29 is 4.42 Å². The minimum absolute atomic E-state index is 0.633. The summed E-state index contributed by atoms with van der Waals surface area (Å²) in [7, 11) is 0. The first-order chi connectivity index (χ1) is 28.2. The molecular weight excluding hydrogens is 695 g/mol. The Morgan fingerprint density at radius 2 is 1.00 bits per heavy atom. The topological polar surface area (TPSA) is 51.8 Å². The van der Waals surface area contributed by atoms with E-state index in [-0.39, 0.29) is 0 Å². The van der Waals surface area contributed by atoms with Crippen LogP contribution in [-0.2, 0) is 12.8 Å². The van der Waals surface area contributed by atoms with E-state index in [1.54, 1.807) is 0 Å². The van der Waals surface area contributed by atoms with Gasteiger partial charge in [0, 0.05) is 28.3 Å². The summed E-state index contributed by atoms with van der Waals surface area (Å²) in [5.41, 5.74) is 9.68. The summed E-state index contributed by atoms with van der Waals surface area (Å²) in [6.07, 6.45) is 1.37. The normalized spacial score (nSPS) is 11.6. The minimum Gasteiger partial charge on any atom is -0.456 e. The predicted octanol–water partition coefficient (Wildman–Crippen LogP) is 13.7. The zero-order valence-electron chi connectivity index (χ0n) is 31.1. The second-order valence-electron chi connectivity index (χ2n) is 14.7. The van der Waals surface area contributed by atoms with Gasteiger partial charge in [0.15, 0.2) is 11.6 Å². The van der Waals surface area contributed by atoms with Crippen molar-refractivity contribution in [3.63, 3.8) is 0 Å². The Hall–Kier alpha value is -7.43. The molecule has 0 amide bonds. The SMILES string of the molecule is c1ccc(-c2ccc(-c3ccc4oc5cccc(CCc6nc(-c7ccc8ccccc8c7)nc(-c7cc8ccccc8c8ccccc78)n6)c5c4c3)cc2)cc1. The molecule has 0 saturated heterocycles. The largest absolute Gasteiger partial charge is 0.456 e. The van der Waals surface area contributed by atoms with Crippen LogP contribution < -0.4 is 0 Å². The fourth-order valence-electron chi connectivity index (χ4n) is 8.37. The van der Waals surface area contributed by atoms with Gasteiger partial charge in [-0.1, -0.05) is 158 Å². The van der Waals surface area contributed by atoms with Crippen molar-refractivity contribution in [3.8, 4) is 45.0 Å². The van der Waals surface area contributed by atoms with Crippen LogP contribution in [0.15, 0.2) is 192 Å². The Kier molecular flexibility index (Phi) is 7.92. The molecule has 0 bridgehead atoms. The molecule has 0 radical (unpaired) electrons. The molecule has 0 aliphatic carbocycles.